The van der Waals surface area contributed by atoms with Crippen LogP contribution in [0, 0.1) is 17.0 Å². The molecule has 0 saturated carbocycles. The number of likely N-dealkylation sites (tertiary alicyclic amines) is 1. The van der Waals surface area contributed by atoms with Crippen molar-refractivity contribution in [3.8, 4) is 0 Å². The molecule has 1 aliphatic rings. The molecule has 116 valence electrons. The van der Waals surface area contributed by atoms with Crippen LogP contribution in [0.15, 0.2) is 0 Å². The topological polar surface area (TPSA) is 96.2 Å². The average molecular weight is 294 g/mol. The Morgan fingerprint density at radius 3 is 2.81 bits per heavy atom. The lowest BCUT2D eigenvalue weighted by Gasteiger charge is -2.32. The minimum atomic E-state index is -0.429. The van der Waals surface area contributed by atoms with E-state index in [1.165, 1.54) is 12.8 Å². The number of likely N-dealkylation sites (N-methyl/N-ethyl adjacent to an activating group) is 1. The Labute approximate surface area is 124 Å². The molecule has 8 nitrogen and oxygen atoms in total. The number of hydrogen-bond donors (Lipinski definition) is 2. The molecule has 1 aliphatic heterocycles. The van der Waals surface area contributed by atoms with E-state index in [4.69, 9.17) is 0 Å². The van der Waals surface area contributed by atoms with Gasteiger partial charge < -0.3 is 15.5 Å². The van der Waals surface area contributed by atoms with E-state index in [1.54, 1.807) is 14.0 Å². The van der Waals surface area contributed by atoms with Crippen molar-refractivity contribution in [2.45, 2.75) is 32.2 Å². The molecular formula is C13H22N6O2. The molecule has 0 bridgehead atoms. The van der Waals surface area contributed by atoms with E-state index in [0.29, 0.717) is 24.2 Å². The van der Waals surface area contributed by atoms with Crippen LogP contribution in [-0.4, -0.2) is 53.0 Å². The van der Waals surface area contributed by atoms with E-state index in [1.807, 2.05) is 0 Å². The first-order valence-corrected chi connectivity index (χ1v) is 7.17. The quantitative estimate of drug-likeness (QED) is 0.629. The lowest BCUT2D eigenvalue weighted by atomic mass is 10.0. The van der Waals surface area contributed by atoms with Crippen LogP contribution in [0.2, 0.25) is 0 Å². The van der Waals surface area contributed by atoms with Gasteiger partial charge in [0.15, 0.2) is 0 Å². The molecule has 1 aromatic rings. The number of aromatic nitrogens is 2. The number of nitro groups is 1. The normalized spacial score (nSPS) is 19.3. The highest BCUT2D eigenvalue weighted by molar-refractivity contribution is 5.60. The van der Waals surface area contributed by atoms with Crippen molar-refractivity contribution < 1.29 is 4.92 Å². The maximum atomic E-state index is 11.2. The third-order valence-corrected chi connectivity index (χ3v) is 3.89. The SMILES string of the molecule is CNc1nc(C)c([N+](=O)[O-])c(NCC2CCCCN2C)n1. The number of hydrogen-bond acceptors (Lipinski definition) is 7. The molecule has 8 heteroatoms. The molecule has 0 aromatic carbocycles. The van der Waals surface area contributed by atoms with E-state index < -0.39 is 4.92 Å². The molecule has 1 saturated heterocycles. The van der Waals surface area contributed by atoms with Crippen LogP contribution in [0.5, 0.6) is 0 Å². The van der Waals surface area contributed by atoms with Gasteiger partial charge in [-0.2, -0.15) is 4.98 Å². The van der Waals surface area contributed by atoms with E-state index in [0.717, 1.165) is 13.0 Å². The van der Waals surface area contributed by atoms with Gasteiger partial charge in [0.25, 0.3) is 0 Å². The van der Waals surface area contributed by atoms with Gasteiger partial charge in [-0.3, -0.25) is 10.1 Å². The Hall–Kier alpha value is -1.96. The first-order chi connectivity index (χ1) is 10.0. The second-order valence-corrected chi connectivity index (χ2v) is 5.35. The average Bonchev–Trinajstić information content (AvgIpc) is 2.45. The monoisotopic (exact) mass is 294 g/mol. The zero-order chi connectivity index (χ0) is 15.4. The van der Waals surface area contributed by atoms with E-state index >= 15 is 0 Å². The molecule has 2 rings (SSSR count). The summed E-state index contributed by atoms with van der Waals surface area (Å²) in [6.07, 6.45) is 3.51. The number of nitrogens with one attached hydrogen (secondary N) is 2. The van der Waals surface area contributed by atoms with Crippen molar-refractivity contribution in [3.63, 3.8) is 0 Å². The predicted octanol–water partition coefficient (Wildman–Crippen LogP) is 1.63. The minimum Gasteiger partial charge on any atom is -0.363 e. The van der Waals surface area contributed by atoms with Crippen LogP contribution in [-0.2, 0) is 0 Å². The number of aryl methyl sites for hydroxylation is 1. The summed E-state index contributed by atoms with van der Waals surface area (Å²) in [4.78, 5) is 21.3. The Bertz CT molecular complexity index is 522. The van der Waals surface area contributed by atoms with Crippen LogP contribution in [0.25, 0.3) is 0 Å². The first kappa shape index (κ1) is 15.4. The maximum absolute atomic E-state index is 11.2. The number of piperidine rings is 1. The van der Waals surface area contributed by atoms with Crippen LogP contribution < -0.4 is 10.6 Å². The van der Waals surface area contributed by atoms with Crippen LogP contribution >= 0.6 is 0 Å². The summed E-state index contributed by atoms with van der Waals surface area (Å²) in [7, 11) is 3.78. The van der Waals surface area contributed by atoms with Gasteiger partial charge in [0.2, 0.25) is 11.8 Å². The summed E-state index contributed by atoms with van der Waals surface area (Å²) in [5.74, 6) is 0.674. The molecule has 1 unspecified atom stereocenters. The van der Waals surface area contributed by atoms with Gasteiger partial charge >= 0.3 is 5.69 Å². The predicted molar refractivity (Wildman–Crippen MR) is 81.7 cm³/mol. The van der Waals surface area contributed by atoms with Crippen molar-refractivity contribution >= 4 is 17.5 Å². The third kappa shape index (κ3) is 3.57. The highest BCUT2D eigenvalue weighted by Gasteiger charge is 2.24. The van der Waals surface area contributed by atoms with Gasteiger partial charge in [0.1, 0.15) is 5.69 Å². The Morgan fingerprint density at radius 2 is 2.19 bits per heavy atom. The second-order valence-electron chi connectivity index (χ2n) is 5.35. The van der Waals surface area contributed by atoms with Gasteiger partial charge in [0, 0.05) is 19.6 Å². The summed E-state index contributed by atoms with van der Waals surface area (Å²) < 4.78 is 0. The van der Waals surface area contributed by atoms with Gasteiger partial charge in [-0.15, -0.1) is 0 Å². The van der Waals surface area contributed by atoms with E-state index in [2.05, 4.69) is 32.5 Å². The molecule has 0 amide bonds. The molecule has 0 aliphatic carbocycles. The number of anilines is 2. The molecule has 0 spiro atoms. The lowest BCUT2D eigenvalue weighted by molar-refractivity contribution is -0.385. The van der Waals surface area contributed by atoms with Crippen molar-refractivity contribution in [1.29, 1.82) is 0 Å². The fraction of sp³-hybridized carbons (Fsp3) is 0.692. The lowest BCUT2D eigenvalue weighted by Crippen LogP contribution is -2.41. The van der Waals surface area contributed by atoms with Gasteiger partial charge in [-0.05, 0) is 33.4 Å². The summed E-state index contributed by atoms with van der Waals surface area (Å²) in [5, 5.41) is 17.2. The van der Waals surface area contributed by atoms with Crippen molar-refractivity contribution in [2.24, 2.45) is 0 Å². The Morgan fingerprint density at radius 1 is 1.43 bits per heavy atom. The largest absolute Gasteiger partial charge is 0.363 e. The minimum absolute atomic E-state index is 0.0486. The Balaban J connectivity index is 2.17. The molecule has 1 fully saturated rings. The van der Waals surface area contributed by atoms with Gasteiger partial charge in [0.05, 0.1) is 4.92 Å². The number of rotatable bonds is 5. The fourth-order valence-corrected chi connectivity index (χ4v) is 2.64. The van der Waals surface area contributed by atoms with Crippen LogP contribution in [0.4, 0.5) is 17.5 Å². The number of nitrogens with zero attached hydrogens (tertiary/aromatic N) is 4. The van der Waals surface area contributed by atoms with Crippen LogP contribution in [0.1, 0.15) is 25.0 Å². The highest BCUT2D eigenvalue weighted by Crippen LogP contribution is 2.27. The maximum Gasteiger partial charge on any atom is 0.332 e. The molecule has 1 atom stereocenters. The molecule has 2 heterocycles. The molecule has 21 heavy (non-hydrogen) atoms. The third-order valence-electron chi connectivity index (χ3n) is 3.89. The van der Waals surface area contributed by atoms with Gasteiger partial charge in [-0.25, -0.2) is 4.98 Å². The van der Waals surface area contributed by atoms with Gasteiger partial charge in [-0.1, -0.05) is 6.42 Å². The van der Waals surface area contributed by atoms with E-state index in [9.17, 15) is 10.1 Å². The van der Waals surface area contributed by atoms with E-state index in [-0.39, 0.29) is 11.5 Å². The molecule has 2 N–H and O–H groups in total. The van der Waals surface area contributed by atoms with Crippen molar-refractivity contribution in [1.82, 2.24) is 14.9 Å². The zero-order valence-electron chi connectivity index (χ0n) is 12.7. The molecule has 0 radical (unpaired) electrons. The summed E-state index contributed by atoms with van der Waals surface area (Å²) in [6, 6.07) is 0.381. The Kier molecular flexibility index (Phi) is 4.89. The first-order valence-electron chi connectivity index (χ1n) is 7.17. The molecular weight excluding hydrogens is 272 g/mol. The van der Waals surface area contributed by atoms with Crippen molar-refractivity contribution in [2.75, 3.05) is 37.8 Å². The smallest absolute Gasteiger partial charge is 0.332 e. The zero-order valence-corrected chi connectivity index (χ0v) is 12.7. The summed E-state index contributed by atoms with van der Waals surface area (Å²) >= 11 is 0. The highest BCUT2D eigenvalue weighted by atomic mass is 16.6. The van der Waals surface area contributed by atoms with Crippen LogP contribution in [0.3, 0.4) is 0 Å². The fourth-order valence-electron chi connectivity index (χ4n) is 2.64. The second kappa shape index (κ2) is 6.66. The standard InChI is InChI=1S/C13H22N6O2/c1-9-11(19(20)21)12(17-13(14-2)16-9)15-8-10-6-4-5-7-18(10)3/h10H,4-8H2,1-3H3,(H2,14,15,16,17). The summed E-state index contributed by atoms with van der Waals surface area (Å²) in [6.45, 7) is 3.34. The molecule has 1 aromatic heterocycles. The van der Waals surface area contributed by atoms with Crippen molar-refractivity contribution in [3.05, 3.63) is 15.8 Å². The summed E-state index contributed by atoms with van der Waals surface area (Å²) in [5.41, 5.74) is 0.311.